The van der Waals surface area contributed by atoms with Crippen molar-refractivity contribution in [2.24, 2.45) is 5.92 Å². The molecule has 1 aromatic carbocycles. The fourth-order valence-corrected chi connectivity index (χ4v) is 2.74. The van der Waals surface area contributed by atoms with Crippen LogP contribution in [-0.2, 0) is 0 Å². The highest BCUT2D eigenvalue weighted by Gasteiger charge is 2.20. The van der Waals surface area contributed by atoms with Gasteiger partial charge in [0.05, 0.1) is 0 Å². The number of benzene rings is 1. The van der Waals surface area contributed by atoms with Gasteiger partial charge in [0.25, 0.3) is 0 Å². The van der Waals surface area contributed by atoms with E-state index in [9.17, 15) is 0 Å². The predicted octanol–water partition coefficient (Wildman–Crippen LogP) is 4.98. The van der Waals surface area contributed by atoms with Crippen molar-refractivity contribution in [1.82, 2.24) is 5.32 Å². The Kier molecular flexibility index (Phi) is 7.81. The van der Waals surface area contributed by atoms with E-state index in [2.05, 4.69) is 63.3 Å². The molecule has 0 radical (unpaired) electrons. The smallest absolute Gasteiger partial charge is 0.0136 e. The van der Waals surface area contributed by atoms with Crippen molar-refractivity contribution >= 4 is 0 Å². The molecule has 0 bridgehead atoms. The van der Waals surface area contributed by atoms with Gasteiger partial charge in [0.2, 0.25) is 0 Å². The van der Waals surface area contributed by atoms with E-state index in [-0.39, 0.29) is 0 Å². The number of nitrogens with one attached hydrogen (secondary N) is 1. The van der Waals surface area contributed by atoms with Crippen molar-refractivity contribution in [3.63, 3.8) is 0 Å². The Labute approximate surface area is 119 Å². The second-order valence-corrected chi connectivity index (χ2v) is 5.96. The van der Waals surface area contributed by atoms with Gasteiger partial charge in [-0.1, -0.05) is 58.0 Å². The summed E-state index contributed by atoms with van der Waals surface area (Å²) in [4.78, 5) is 0. The molecule has 1 nitrogen and oxygen atoms in total. The second kappa shape index (κ2) is 9.14. The summed E-state index contributed by atoms with van der Waals surface area (Å²) in [6, 6.07) is 11.6. The minimum atomic E-state index is 0.620. The van der Waals surface area contributed by atoms with Crippen LogP contribution in [0.2, 0.25) is 0 Å². The molecule has 1 heteroatoms. The van der Waals surface area contributed by atoms with Gasteiger partial charge in [-0.3, -0.25) is 0 Å². The summed E-state index contributed by atoms with van der Waals surface area (Å²) in [5.41, 5.74) is 1.49. The molecule has 0 amide bonds. The van der Waals surface area contributed by atoms with Crippen LogP contribution >= 0.6 is 0 Å². The molecule has 2 atom stereocenters. The van der Waals surface area contributed by atoms with Gasteiger partial charge in [0, 0.05) is 6.04 Å². The molecule has 0 saturated carbocycles. The normalized spacial score (nSPS) is 14.6. The average molecular weight is 261 g/mol. The van der Waals surface area contributed by atoms with E-state index in [4.69, 9.17) is 0 Å². The van der Waals surface area contributed by atoms with Crippen LogP contribution < -0.4 is 5.32 Å². The van der Waals surface area contributed by atoms with Gasteiger partial charge in [-0.15, -0.1) is 0 Å². The zero-order valence-electron chi connectivity index (χ0n) is 13.2. The minimum absolute atomic E-state index is 0.620. The van der Waals surface area contributed by atoms with Gasteiger partial charge in [-0.05, 0) is 49.6 Å². The van der Waals surface area contributed by atoms with E-state index in [0.717, 1.165) is 12.5 Å². The highest BCUT2D eigenvalue weighted by atomic mass is 14.9. The van der Waals surface area contributed by atoms with Gasteiger partial charge in [0.15, 0.2) is 0 Å². The van der Waals surface area contributed by atoms with Gasteiger partial charge in [-0.2, -0.15) is 0 Å². The first-order valence-corrected chi connectivity index (χ1v) is 7.97. The number of hydrogen-bond donors (Lipinski definition) is 1. The van der Waals surface area contributed by atoms with Crippen LogP contribution in [0, 0.1) is 5.92 Å². The molecule has 0 fully saturated rings. The molecule has 1 rings (SSSR count). The maximum atomic E-state index is 3.77. The molecule has 1 N–H and O–H groups in total. The van der Waals surface area contributed by atoms with Gasteiger partial charge in [-0.25, -0.2) is 0 Å². The molecule has 0 aliphatic rings. The van der Waals surface area contributed by atoms with Crippen LogP contribution in [0.5, 0.6) is 0 Å². The second-order valence-electron chi connectivity index (χ2n) is 5.96. The summed E-state index contributed by atoms with van der Waals surface area (Å²) >= 11 is 0. The Balaban J connectivity index is 2.74. The molecule has 19 heavy (non-hydrogen) atoms. The highest BCUT2D eigenvalue weighted by molar-refractivity contribution is 5.21. The predicted molar refractivity (Wildman–Crippen MR) is 85.6 cm³/mol. The zero-order valence-corrected chi connectivity index (χ0v) is 13.2. The third-order valence-corrected chi connectivity index (χ3v) is 3.86. The maximum Gasteiger partial charge on any atom is 0.0136 e. The maximum absolute atomic E-state index is 3.77. The van der Waals surface area contributed by atoms with Crippen molar-refractivity contribution in [3.05, 3.63) is 35.9 Å². The van der Waals surface area contributed by atoms with Crippen LogP contribution in [0.15, 0.2) is 30.3 Å². The SMILES string of the molecule is CCCNC(CCC(C)C)C(CC)c1ccccc1. The molecule has 0 aromatic heterocycles. The lowest BCUT2D eigenvalue weighted by Crippen LogP contribution is -2.35. The van der Waals surface area contributed by atoms with Crippen LogP contribution in [0.1, 0.15) is 64.9 Å². The quantitative estimate of drug-likeness (QED) is 0.660. The molecular formula is C18H31N. The minimum Gasteiger partial charge on any atom is -0.313 e. The molecule has 1 aromatic rings. The fraction of sp³-hybridized carbons (Fsp3) is 0.667. The summed E-state index contributed by atoms with van der Waals surface area (Å²) in [6.07, 6.45) is 5.02. The average Bonchev–Trinajstić information content (AvgIpc) is 2.43. The van der Waals surface area contributed by atoms with E-state index in [1.54, 1.807) is 0 Å². The fourth-order valence-electron chi connectivity index (χ4n) is 2.74. The Bertz CT molecular complexity index is 318. The summed E-state index contributed by atoms with van der Waals surface area (Å²) in [5.74, 6) is 1.44. The lowest BCUT2D eigenvalue weighted by Gasteiger charge is -2.28. The summed E-state index contributed by atoms with van der Waals surface area (Å²) in [5, 5.41) is 3.77. The van der Waals surface area contributed by atoms with E-state index < -0.39 is 0 Å². The molecule has 0 aliphatic carbocycles. The third kappa shape index (κ3) is 5.78. The lowest BCUT2D eigenvalue weighted by atomic mass is 9.85. The molecule has 0 heterocycles. The van der Waals surface area contributed by atoms with Crippen molar-refractivity contribution in [2.75, 3.05) is 6.54 Å². The number of hydrogen-bond acceptors (Lipinski definition) is 1. The Morgan fingerprint density at radius 2 is 1.68 bits per heavy atom. The highest BCUT2D eigenvalue weighted by Crippen LogP contribution is 2.26. The summed E-state index contributed by atoms with van der Waals surface area (Å²) < 4.78 is 0. The standard InChI is InChI=1S/C18H31N/c1-5-14-19-18(13-12-15(3)4)17(6-2)16-10-8-7-9-11-16/h7-11,15,17-19H,5-6,12-14H2,1-4H3. The third-order valence-electron chi connectivity index (χ3n) is 3.86. The summed E-state index contributed by atoms with van der Waals surface area (Å²) in [7, 11) is 0. The Morgan fingerprint density at radius 3 is 2.21 bits per heavy atom. The molecular weight excluding hydrogens is 230 g/mol. The van der Waals surface area contributed by atoms with Crippen LogP contribution in [0.4, 0.5) is 0 Å². The van der Waals surface area contributed by atoms with Crippen molar-refractivity contribution in [3.8, 4) is 0 Å². The largest absolute Gasteiger partial charge is 0.313 e. The zero-order chi connectivity index (χ0) is 14.1. The van der Waals surface area contributed by atoms with E-state index >= 15 is 0 Å². The van der Waals surface area contributed by atoms with Gasteiger partial charge in [0.1, 0.15) is 0 Å². The lowest BCUT2D eigenvalue weighted by molar-refractivity contribution is 0.370. The van der Waals surface area contributed by atoms with Crippen LogP contribution in [-0.4, -0.2) is 12.6 Å². The first kappa shape index (κ1) is 16.2. The monoisotopic (exact) mass is 261 g/mol. The van der Waals surface area contributed by atoms with Crippen LogP contribution in [0.3, 0.4) is 0 Å². The summed E-state index contributed by atoms with van der Waals surface area (Å²) in [6.45, 7) is 10.3. The van der Waals surface area contributed by atoms with Crippen molar-refractivity contribution in [1.29, 1.82) is 0 Å². The Morgan fingerprint density at radius 1 is 1.00 bits per heavy atom. The van der Waals surface area contributed by atoms with E-state index in [1.807, 2.05) is 0 Å². The first-order chi connectivity index (χ1) is 9.19. The molecule has 0 spiro atoms. The van der Waals surface area contributed by atoms with Gasteiger partial charge >= 0.3 is 0 Å². The van der Waals surface area contributed by atoms with Crippen LogP contribution in [0.25, 0.3) is 0 Å². The Hall–Kier alpha value is -0.820. The van der Waals surface area contributed by atoms with Crippen molar-refractivity contribution < 1.29 is 0 Å². The van der Waals surface area contributed by atoms with E-state index in [1.165, 1.54) is 31.2 Å². The first-order valence-electron chi connectivity index (χ1n) is 7.97. The van der Waals surface area contributed by atoms with Crippen molar-refractivity contribution in [2.45, 2.75) is 65.3 Å². The molecule has 0 aliphatic heterocycles. The molecule has 0 saturated heterocycles. The van der Waals surface area contributed by atoms with E-state index in [0.29, 0.717) is 12.0 Å². The van der Waals surface area contributed by atoms with Gasteiger partial charge < -0.3 is 5.32 Å². The topological polar surface area (TPSA) is 12.0 Å². The number of rotatable bonds is 9. The molecule has 2 unspecified atom stereocenters. The molecule has 108 valence electrons.